The zero-order valence-corrected chi connectivity index (χ0v) is 7.67. The highest BCUT2D eigenvalue weighted by molar-refractivity contribution is 5.62. The van der Waals surface area contributed by atoms with Crippen LogP contribution in [-0.2, 0) is 11.2 Å². The zero-order valence-electron chi connectivity index (χ0n) is 7.67. The minimum absolute atomic E-state index is 0.381. The second kappa shape index (κ2) is 3.45. The third-order valence-electron chi connectivity index (χ3n) is 1.94. The van der Waals surface area contributed by atoms with Gasteiger partial charge in [-0.15, -0.1) is 0 Å². The molecular weight excluding hydrogens is 182 g/mol. The lowest BCUT2D eigenvalue weighted by molar-refractivity contribution is -0.107. The molecule has 2 rings (SSSR count). The number of fused-ring (bicyclic) bond motifs is 1. The largest absolute Gasteiger partial charge is 0.479 e. The molecule has 0 unspecified atom stereocenters. The van der Waals surface area contributed by atoms with Gasteiger partial charge in [-0.3, -0.25) is 0 Å². The summed E-state index contributed by atoms with van der Waals surface area (Å²) in [5.74, 6) is 0.511. The van der Waals surface area contributed by atoms with Crippen molar-refractivity contribution in [2.45, 2.75) is 6.42 Å². The van der Waals surface area contributed by atoms with E-state index in [9.17, 15) is 4.79 Å². The first-order chi connectivity index (χ1) is 6.85. The van der Waals surface area contributed by atoms with E-state index < -0.39 is 0 Å². The van der Waals surface area contributed by atoms with E-state index >= 15 is 0 Å². The molecule has 0 bridgehead atoms. The molecule has 0 aliphatic carbocycles. The van der Waals surface area contributed by atoms with E-state index in [0.717, 1.165) is 17.4 Å². The lowest BCUT2D eigenvalue weighted by Gasteiger charge is -1.98. The van der Waals surface area contributed by atoms with Gasteiger partial charge in [0, 0.05) is 12.6 Å². The molecule has 0 spiro atoms. The summed E-state index contributed by atoms with van der Waals surface area (Å²) >= 11 is 0. The minimum atomic E-state index is 0.381. The van der Waals surface area contributed by atoms with Crippen LogP contribution in [-0.4, -0.2) is 28.0 Å². The van der Waals surface area contributed by atoms with E-state index in [1.54, 1.807) is 17.8 Å². The highest BCUT2D eigenvalue weighted by Crippen LogP contribution is 2.17. The van der Waals surface area contributed by atoms with E-state index in [1.165, 1.54) is 6.33 Å². The topological polar surface area (TPSA) is 56.5 Å². The number of methoxy groups -OCH3 is 1. The molecule has 0 aliphatic heterocycles. The van der Waals surface area contributed by atoms with E-state index in [0.29, 0.717) is 12.3 Å². The van der Waals surface area contributed by atoms with Crippen LogP contribution < -0.4 is 4.74 Å². The molecule has 0 radical (unpaired) electrons. The Labute approximate surface area is 80.3 Å². The van der Waals surface area contributed by atoms with E-state index in [4.69, 9.17) is 4.74 Å². The lowest BCUT2D eigenvalue weighted by atomic mass is 10.2. The molecule has 2 heterocycles. The molecule has 14 heavy (non-hydrogen) atoms. The first kappa shape index (κ1) is 8.68. The van der Waals surface area contributed by atoms with Crippen molar-refractivity contribution >= 4 is 11.8 Å². The number of hydrogen-bond donors (Lipinski definition) is 0. The van der Waals surface area contributed by atoms with Crippen LogP contribution in [0.1, 0.15) is 5.56 Å². The Kier molecular flexibility index (Phi) is 2.14. The summed E-state index contributed by atoms with van der Waals surface area (Å²) in [6.45, 7) is 0. The van der Waals surface area contributed by atoms with Gasteiger partial charge in [-0.2, -0.15) is 10.1 Å². The van der Waals surface area contributed by atoms with Crippen LogP contribution in [0.15, 0.2) is 18.6 Å². The molecule has 5 nitrogen and oxygen atoms in total. The number of hydrogen-bond acceptors (Lipinski definition) is 4. The first-order valence-corrected chi connectivity index (χ1v) is 4.15. The second-order valence-corrected chi connectivity index (χ2v) is 2.82. The summed E-state index contributed by atoms with van der Waals surface area (Å²) in [5, 5.41) is 4.00. The number of carbonyl (C=O) groups is 1. The van der Waals surface area contributed by atoms with Crippen LogP contribution in [0.25, 0.3) is 5.52 Å². The summed E-state index contributed by atoms with van der Waals surface area (Å²) in [5.41, 5.74) is 1.67. The molecule has 5 heteroatoms. The summed E-state index contributed by atoms with van der Waals surface area (Å²) in [6.07, 6.45) is 4.44. The van der Waals surface area contributed by atoms with Gasteiger partial charge >= 0.3 is 0 Å². The van der Waals surface area contributed by atoms with Crippen LogP contribution in [0.4, 0.5) is 0 Å². The van der Waals surface area contributed by atoms with Crippen LogP contribution in [0, 0.1) is 0 Å². The second-order valence-electron chi connectivity index (χ2n) is 2.82. The molecule has 0 aromatic carbocycles. The lowest BCUT2D eigenvalue weighted by Crippen LogP contribution is -1.95. The Morgan fingerprint density at radius 2 is 2.50 bits per heavy atom. The molecule has 2 aromatic heterocycles. The predicted molar refractivity (Wildman–Crippen MR) is 49.3 cm³/mol. The highest BCUT2D eigenvalue weighted by atomic mass is 16.5. The molecule has 0 atom stereocenters. The molecule has 0 saturated heterocycles. The number of aldehydes is 1. The molecule has 0 amide bonds. The van der Waals surface area contributed by atoms with Gasteiger partial charge in [0.2, 0.25) is 5.88 Å². The van der Waals surface area contributed by atoms with Crippen LogP contribution in [0.3, 0.4) is 0 Å². The third kappa shape index (κ3) is 1.32. The molecule has 2 aromatic rings. The van der Waals surface area contributed by atoms with Crippen molar-refractivity contribution in [1.29, 1.82) is 0 Å². The van der Waals surface area contributed by atoms with Crippen molar-refractivity contribution in [2.24, 2.45) is 0 Å². The normalized spacial score (nSPS) is 10.4. The van der Waals surface area contributed by atoms with Crippen molar-refractivity contribution in [3.05, 3.63) is 24.2 Å². The molecular formula is C9H9N3O2. The average Bonchev–Trinajstić information content (AvgIpc) is 2.60. The summed E-state index contributed by atoms with van der Waals surface area (Å²) in [4.78, 5) is 14.3. The predicted octanol–water partition coefficient (Wildman–Crippen LogP) is 0.479. The number of carbonyl (C=O) groups excluding carboxylic acids is 1. The minimum Gasteiger partial charge on any atom is -0.479 e. The van der Waals surface area contributed by atoms with Gasteiger partial charge in [0.1, 0.15) is 18.1 Å². The fraction of sp³-hybridized carbons (Fsp3) is 0.222. The quantitative estimate of drug-likeness (QED) is 0.662. The molecule has 0 fully saturated rings. The van der Waals surface area contributed by atoms with Gasteiger partial charge in [0.25, 0.3) is 0 Å². The first-order valence-electron chi connectivity index (χ1n) is 4.15. The Bertz CT molecular complexity index is 464. The zero-order chi connectivity index (χ0) is 9.97. The van der Waals surface area contributed by atoms with Crippen LogP contribution >= 0.6 is 0 Å². The van der Waals surface area contributed by atoms with Crippen molar-refractivity contribution in [3.63, 3.8) is 0 Å². The average molecular weight is 191 g/mol. The maximum atomic E-state index is 10.3. The molecule has 0 saturated carbocycles. The van der Waals surface area contributed by atoms with Gasteiger partial charge in [0.05, 0.1) is 7.11 Å². The van der Waals surface area contributed by atoms with E-state index in [-0.39, 0.29) is 0 Å². The number of ether oxygens (including phenoxy) is 1. The van der Waals surface area contributed by atoms with E-state index in [1.807, 2.05) is 6.07 Å². The molecule has 72 valence electrons. The van der Waals surface area contributed by atoms with Gasteiger partial charge in [-0.05, 0) is 11.6 Å². The molecule has 0 aliphatic rings. The maximum Gasteiger partial charge on any atom is 0.241 e. The molecule has 0 N–H and O–H groups in total. The summed E-state index contributed by atoms with van der Waals surface area (Å²) < 4.78 is 6.70. The SMILES string of the molecule is COc1ncnn2cc(CC=O)cc12. The Morgan fingerprint density at radius 1 is 1.64 bits per heavy atom. The van der Waals surface area contributed by atoms with Crippen molar-refractivity contribution in [1.82, 2.24) is 14.6 Å². The number of aromatic nitrogens is 3. The fourth-order valence-electron chi connectivity index (χ4n) is 1.33. The van der Waals surface area contributed by atoms with Crippen molar-refractivity contribution < 1.29 is 9.53 Å². The van der Waals surface area contributed by atoms with Gasteiger partial charge < -0.3 is 9.53 Å². The van der Waals surface area contributed by atoms with E-state index in [2.05, 4.69) is 10.1 Å². The standard InChI is InChI=1S/C9H9N3O2/c1-14-9-8-4-7(2-3-13)5-12(8)11-6-10-9/h3-6H,2H2,1H3. The smallest absolute Gasteiger partial charge is 0.241 e. The van der Waals surface area contributed by atoms with Crippen LogP contribution in [0.5, 0.6) is 5.88 Å². The van der Waals surface area contributed by atoms with Crippen molar-refractivity contribution in [2.75, 3.05) is 7.11 Å². The fourth-order valence-corrected chi connectivity index (χ4v) is 1.33. The number of nitrogens with zero attached hydrogens (tertiary/aromatic N) is 3. The van der Waals surface area contributed by atoms with Crippen molar-refractivity contribution in [3.8, 4) is 5.88 Å². The van der Waals surface area contributed by atoms with Gasteiger partial charge in [-0.1, -0.05) is 0 Å². The van der Waals surface area contributed by atoms with Gasteiger partial charge in [-0.25, -0.2) is 4.52 Å². The summed E-state index contributed by atoms with van der Waals surface area (Å²) in [7, 11) is 1.55. The third-order valence-corrected chi connectivity index (χ3v) is 1.94. The monoisotopic (exact) mass is 191 g/mol. The summed E-state index contributed by atoms with van der Waals surface area (Å²) in [6, 6.07) is 1.84. The Hall–Kier alpha value is -1.91. The Balaban J connectivity index is 2.57. The number of rotatable bonds is 3. The Morgan fingerprint density at radius 3 is 3.21 bits per heavy atom. The van der Waals surface area contributed by atoms with Gasteiger partial charge in [0.15, 0.2) is 0 Å². The van der Waals surface area contributed by atoms with Crippen LogP contribution in [0.2, 0.25) is 0 Å². The highest BCUT2D eigenvalue weighted by Gasteiger charge is 2.05. The maximum absolute atomic E-state index is 10.3.